The molecule has 0 spiro atoms. The second kappa shape index (κ2) is 11.9. The summed E-state index contributed by atoms with van der Waals surface area (Å²) < 4.78 is 5.59. The SMILES string of the molecule is CCOc1cccc(CN2CCC(C(=O)NCCSCc3ccccc3)CC2)c1. The van der Waals surface area contributed by atoms with Crippen molar-refractivity contribution in [2.45, 2.75) is 32.1 Å². The van der Waals surface area contributed by atoms with Crippen molar-refractivity contribution in [2.24, 2.45) is 5.92 Å². The highest BCUT2D eigenvalue weighted by Crippen LogP contribution is 2.21. The number of thioether (sulfide) groups is 1. The van der Waals surface area contributed by atoms with Crippen LogP contribution < -0.4 is 10.1 Å². The van der Waals surface area contributed by atoms with Crippen LogP contribution in [0.4, 0.5) is 0 Å². The molecular weight excluding hydrogens is 380 g/mol. The number of ether oxygens (including phenoxy) is 1. The molecule has 0 saturated carbocycles. The predicted molar refractivity (Wildman–Crippen MR) is 121 cm³/mol. The molecule has 1 N–H and O–H groups in total. The molecule has 1 aliphatic heterocycles. The minimum absolute atomic E-state index is 0.153. The number of rotatable bonds is 10. The van der Waals surface area contributed by atoms with Crippen LogP contribution >= 0.6 is 11.8 Å². The fraction of sp³-hybridized carbons (Fsp3) is 0.458. The maximum Gasteiger partial charge on any atom is 0.223 e. The molecule has 2 aromatic carbocycles. The van der Waals surface area contributed by atoms with Crippen molar-refractivity contribution in [3.8, 4) is 5.75 Å². The second-order valence-electron chi connectivity index (χ2n) is 7.46. The molecular formula is C24H32N2O2S. The van der Waals surface area contributed by atoms with E-state index in [1.54, 1.807) is 0 Å². The summed E-state index contributed by atoms with van der Waals surface area (Å²) in [4.78, 5) is 14.9. The molecule has 29 heavy (non-hydrogen) atoms. The highest BCUT2D eigenvalue weighted by Gasteiger charge is 2.24. The molecule has 0 aliphatic carbocycles. The van der Waals surface area contributed by atoms with Gasteiger partial charge in [-0.2, -0.15) is 11.8 Å². The zero-order valence-corrected chi connectivity index (χ0v) is 18.1. The van der Waals surface area contributed by atoms with Gasteiger partial charge in [0.15, 0.2) is 0 Å². The number of amides is 1. The Balaban J connectivity index is 1.31. The van der Waals surface area contributed by atoms with E-state index in [9.17, 15) is 4.79 Å². The zero-order chi connectivity index (χ0) is 20.3. The highest BCUT2D eigenvalue weighted by molar-refractivity contribution is 7.98. The van der Waals surface area contributed by atoms with Crippen LogP contribution in [0.3, 0.4) is 0 Å². The minimum Gasteiger partial charge on any atom is -0.494 e. The van der Waals surface area contributed by atoms with E-state index < -0.39 is 0 Å². The number of hydrogen-bond donors (Lipinski definition) is 1. The number of benzene rings is 2. The first kappa shape index (κ1) is 21.7. The van der Waals surface area contributed by atoms with Crippen LogP contribution in [0.15, 0.2) is 54.6 Å². The molecule has 0 atom stereocenters. The van der Waals surface area contributed by atoms with Crippen molar-refractivity contribution >= 4 is 17.7 Å². The Morgan fingerprint density at radius 1 is 1.10 bits per heavy atom. The Bertz CT molecular complexity index is 746. The lowest BCUT2D eigenvalue weighted by Gasteiger charge is -2.31. The number of likely N-dealkylation sites (tertiary alicyclic amines) is 1. The Morgan fingerprint density at radius 2 is 1.86 bits per heavy atom. The van der Waals surface area contributed by atoms with Gasteiger partial charge in [0.1, 0.15) is 5.75 Å². The third kappa shape index (κ3) is 7.41. The van der Waals surface area contributed by atoms with E-state index in [1.165, 1.54) is 11.1 Å². The molecule has 1 aliphatic rings. The molecule has 3 rings (SSSR count). The third-order valence-corrected chi connectivity index (χ3v) is 6.26. The van der Waals surface area contributed by atoms with Crippen molar-refractivity contribution in [1.82, 2.24) is 10.2 Å². The van der Waals surface area contributed by atoms with Gasteiger partial charge >= 0.3 is 0 Å². The van der Waals surface area contributed by atoms with Gasteiger partial charge < -0.3 is 10.1 Å². The topological polar surface area (TPSA) is 41.6 Å². The minimum atomic E-state index is 0.153. The Hall–Kier alpha value is -1.98. The van der Waals surface area contributed by atoms with E-state index in [0.29, 0.717) is 6.61 Å². The summed E-state index contributed by atoms with van der Waals surface area (Å²) >= 11 is 1.87. The summed E-state index contributed by atoms with van der Waals surface area (Å²) in [6.07, 6.45) is 1.88. The van der Waals surface area contributed by atoms with Gasteiger partial charge in [-0.15, -0.1) is 0 Å². The van der Waals surface area contributed by atoms with Gasteiger partial charge in [-0.05, 0) is 56.1 Å². The number of carbonyl (C=O) groups is 1. The fourth-order valence-electron chi connectivity index (χ4n) is 3.67. The lowest BCUT2D eigenvalue weighted by atomic mass is 9.95. The number of carbonyl (C=O) groups excluding carboxylic acids is 1. The van der Waals surface area contributed by atoms with Gasteiger partial charge in [0.2, 0.25) is 5.91 Å². The monoisotopic (exact) mass is 412 g/mol. The van der Waals surface area contributed by atoms with Crippen LogP contribution in [0.1, 0.15) is 30.9 Å². The van der Waals surface area contributed by atoms with E-state index >= 15 is 0 Å². The maximum absolute atomic E-state index is 12.5. The van der Waals surface area contributed by atoms with Crippen molar-refractivity contribution in [1.29, 1.82) is 0 Å². The molecule has 2 aromatic rings. The molecule has 1 saturated heterocycles. The van der Waals surface area contributed by atoms with Crippen LogP contribution in [0.2, 0.25) is 0 Å². The number of nitrogens with zero attached hydrogens (tertiary/aromatic N) is 1. The molecule has 0 bridgehead atoms. The van der Waals surface area contributed by atoms with Gasteiger partial charge in [0.25, 0.3) is 0 Å². The molecule has 4 nitrogen and oxygen atoms in total. The smallest absolute Gasteiger partial charge is 0.223 e. The van der Waals surface area contributed by atoms with Crippen LogP contribution in [-0.4, -0.2) is 42.8 Å². The lowest BCUT2D eigenvalue weighted by Crippen LogP contribution is -2.40. The van der Waals surface area contributed by atoms with Crippen LogP contribution in [-0.2, 0) is 17.1 Å². The van der Waals surface area contributed by atoms with Crippen molar-refractivity contribution < 1.29 is 9.53 Å². The maximum atomic E-state index is 12.5. The summed E-state index contributed by atoms with van der Waals surface area (Å²) in [5.41, 5.74) is 2.61. The number of piperidine rings is 1. The fourth-order valence-corrected chi connectivity index (χ4v) is 4.49. The van der Waals surface area contributed by atoms with E-state index in [0.717, 1.165) is 56.3 Å². The third-order valence-electron chi connectivity index (χ3n) is 5.23. The van der Waals surface area contributed by atoms with Gasteiger partial charge in [0, 0.05) is 30.5 Å². The van der Waals surface area contributed by atoms with Crippen LogP contribution in [0.25, 0.3) is 0 Å². The van der Waals surface area contributed by atoms with E-state index in [2.05, 4.69) is 52.7 Å². The Morgan fingerprint density at radius 3 is 2.62 bits per heavy atom. The van der Waals surface area contributed by atoms with Crippen molar-refractivity contribution in [3.63, 3.8) is 0 Å². The molecule has 1 fully saturated rings. The van der Waals surface area contributed by atoms with Gasteiger partial charge in [-0.3, -0.25) is 9.69 Å². The first-order valence-electron chi connectivity index (χ1n) is 10.6. The molecule has 0 aromatic heterocycles. The highest BCUT2D eigenvalue weighted by atomic mass is 32.2. The summed E-state index contributed by atoms with van der Waals surface area (Å²) in [6, 6.07) is 18.8. The van der Waals surface area contributed by atoms with Crippen LogP contribution in [0.5, 0.6) is 5.75 Å². The van der Waals surface area contributed by atoms with Gasteiger partial charge in [-0.25, -0.2) is 0 Å². The van der Waals surface area contributed by atoms with Crippen LogP contribution in [0, 0.1) is 5.92 Å². The predicted octanol–water partition coefficient (Wildman–Crippen LogP) is 4.35. The van der Waals surface area contributed by atoms with E-state index in [-0.39, 0.29) is 11.8 Å². The van der Waals surface area contributed by atoms with E-state index in [1.807, 2.05) is 30.8 Å². The summed E-state index contributed by atoms with van der Waals surface area (Å²) in [7, 11) is 0. The average molecular weight is 413 g/mol. The quantitative estimate of drug-likeness (QED) is 0.589. The largest absolute Gasteiger partial charge is 0.494 e. The molecule has 5 heteroatoms. The summed E-state index contributed by atoms with van der Waals surface area (Å²) in [5.74, 6) is 3.27. The van der Waals surface area contributed by atoms with E-state index in [4.69, 9.17) is 4.74 Å². The molecule has 1 amide bonds. The zero-order valence-electron chi connectivity index (χ0n) is 17.3. The summed E-state index contributed by atoms with van der Waals surface area (Å²) in [5, 5.41) is 3.13. The standard InChI is InChI=1S/C24H32N2O2S/c1-2-28-23-10-6-9-21(17-23)18-26-14-11-22(12-15-26)24(27)25-13-16-29-19-20-7-4-3-5-8-20/h3-10,17,22H,2,11-16,18-19H2,1H3,(H,25,27). The second-order valence-corrected chi connectivity index (χ2v) is 8.57. The first-order valence-corrected chi connectivity index (χ1v) is 11.7. The molecule has 0 radical (unpaired) electrons. The summed E-state index contributed by atoms with van der Waals surface area (Å²) in [6.45, 7) is 6.31. The molecule has 156 valence electrons. The first-order chi connectivity index (χ1) is 14.2. The van der Waals surface area contributed by atoms with Crippen molar-refractivity contribution in [3.05, 3.63) is 65.7 Å². The van der Waals surface area contributed by atoms with Gasteiger partial charge in [0.05, 0.1) is 6.61 Å². The molecule has 0 unspecified atom stereocenters. The van der Waals surface area contributed by atoms with Gasteiger partial charge in [-0.1, -0.05) is 42.5 Å². The Labute approximate surface area is 179 Å². The molecule has 1 heterocycles. The normalized spacial score (nSPS) is 15.2. The lowest BCUT2D eigenvalue weighted by molar-refractivity contribution is -0.126. The number of hydrogen-bond acceptors (Lipinski definition) is 4. The average Bonchev–Trinajstić information content (AvgIpc) is 2.75. The van der Waals surface area contributed by atoms with Crippen molar-refractivity contribution in [2.75, 3.05) is 32.0 Å². The Kier molecular flexibility index (Phi) is 8.90. The number of nitrogens with one attached hydrogen (secondary N) is 1.